The molecule has 2 aromatic heterocycles. The second kappa shape index (κ2) is 7.63. The summed E-state index contributed by atoms with van der Waals surface area (Å²) in [5, 5.41) is 1.84. The Balaban J connectivity index is 1.76. The van der Waals surface area contributed by atoms with Crippen LogP contribution in [0.4, 0.5) is 10.6 Å². The van der Waals surface area contributed by atoms with Gasteiger partial charge in [-0.25, -0.2) is 14.8 Å². The summed E-state index contributed by atoms with van der Waals surface area (Å²) in [7, 11) is 0. The van der Waals surface area contributed by atoms with Crippen LogP contribution in [0.5, 0.6) is 0 Å². The number of aromatic nitrogens is 3. The smallest absolute Gasteiger partial charge is 0.410 e. The van der Waals surface area contributed by atoms with E-state index in [0.717, 1.165) is 17.5 Å². The van der Waals surface area contributed by atoms with Crippen molar-refractivity contribution >= 4 is 46.1 Å². The molecule has 1 aliphatic rings. The van der Waals surface area contributed by atoms with Gasteiger partial charge in [0.05, 0.1) is 11.4 Å². The number of carbonyl (C=O) groups excluding carboxylic acids is 1. The number of nitrogens with zero attached hydrogens (tertiary/aromatic N) is 4. The Kier molecular flexibility index (Phi) is 5.28. The highest BCUT2D eigenvalue weighted by Crippen LogP contribution is 2.43. The van der Waals surface area contributed by atoms with Gasteiger partial charge < -0.3 is 19.9 Å². The molecule has 1 aromatic carbocycles. The maximum absolute atomic E-state index is 12.5. The molecule has 1 saturated heterocycles. The quantitative estimate of drug-likeness (QED) is 0.585. The van der Waals surface area contributed by atoms with Gasteiger partial charge in [0, 0.05) is 23.7 Å². The van der Waals surface area contributed by atoms with Crippen molar-refractivity contribution < 1.29 is 9.53 Å². The van der Waals surface area contributed by atoms with E-state index in [-0.39, 0.29) is 12.1 Å². The summed E-state index contributed by atoms with van der Waals surface area (Å²) in [6, 6.07) is 7.33. The molecule has 2 N–H and O–H groups in total. The van der Waals surface area contributed by atoms with Crippen molar-refractivity contribution in [2.45, 2.75) is 38.8 Å². The number of amides is 1. The van der Waals surface area contributed by atoms with Crippen LogP contribution in [-0.2, 0) is 4.74 Å². The standard InChI is InChI=1S/C21H23Cl2N5O2/c1-21(2,3)30-20(29)27-9-8-14(10-27)28-17(23)15(12-4-6-13(22)7-5-12)16-18(24)25-11-26-19(16)28/h4-7,11,14H,8-10H2,1-3H3,(H2,24,25,26)/t14-/m1/s1. The molecule has 0 unspecified atom stereocenters. The van der Waals surface area contributed by atoms with Crippen LogP contribution in [0.15, 0.2) is 30.6 Å². The summed E-state index contributed by atoms with van der Waals surface area (Å²) < 4.78 is 7.46. The van der Waals surface area contributed by atoms with E-state index in [1.807, 2.05) is 37.5 Å². The number of benzene rings is 1. The van der Waals surface area contributed by atoms with Crippen LogP contribution in [0.1, 0.15) is 33.2 Å². The van der Waals surface area contributed by atoms with Gasteiger partial charge in [-0.15, -0.1) is 0 Å². The van der Waals surface area contributed by atoms with Crippen LogP contribution < -0.4 is 5.73 Å². The van der Waals surface area contributed by atoms with Crippen LogP contribution in [-0.4, -0.2) is 44.2 Å². The van der Waals surface area contributed by atoms with Crippen LogP contribution in [0, 0.1) is 0 Å². The predicted octanol–water partition coefficient (Wildman–Crippen LogP) is 5.17. The van der Waals surface area contributed by atoms with Crippen LogP contribution in [0.3, 0.4) is 0 Å². The van der Waals surface area contributed by atoms with Gasteiger partial charge in [0.25, 0.3) is 0 Å². The highest BCUT2D eigenvalue weighted by molar-refractivity contribution is 6.35. The number of hydrogen-bond acceptors (Lipinski definition) is 5. The van der Waals surface area contributed by atoms with Gasteiger partial charge in [0.2, 0.25) is 0 Å². The molecule has 0 spiro atoms. The lowest BCUT2D eigenvalue weighted by molar-refractivity contribution is 0.0289. The van der Waals surface area contributed by atoms with Gasteiger partial charge >= 0.3 is 6.09 Å². The van der Waals surface area contributed by atoms with E-state index in [9.17, 15) is 4.79 Å². The van der Waals surface area contributed by atoms with Crippen LogP contribution >= 0.6 is 23.2 Å². The molecule has 158 valence electrons. The number of rotatable bonds is 2. The van der Waals surface area contributed by atoms with E-state index >= 15 is 0 Å². The van der Waals surface area contributed by atoms with Gasteiger partial charge in [-0.05, 0) is 44.9 Å². The maximum atomic E-state index is 12.5. The normalized spacial score (nSPS) is 17.0. The summed E-state index contributed by atoms with van der Waals surface area (Å²) in [4.78, 5) is 22.8. The minimum Gasteiger partial charge on any atom is -0.444 e. The van der Waals surface area contributed by atoms with Crippen molar-refractivity contribution in [2.75, 3.05) is 18.8 Å². The zero-order chi connectivity index (χ0) is 21.6. The summed E-state index contributed by atoms with van der Waals surface area (Å²) in [5.41, 5.74) is 7.95. The van der Waals surface area contributed by atoms with E-state index in [4.69, 9.17) is 33.7 Å². The van der Waals surface area contributed by atoms with Gasteiger partial charge in [-0.3, -0.25) is 0 Å². The fourth-order valence-electron chi connectivity index (χ4n) is 3.79. The molecule has 0 aliphatic carbocycles. The summed E-state index contributed by atoms with van der Waals surface area (Å²) >= 11 is 12.9. The number of hydrogen-bond donors (Lipinski definition) is 1. The highest BCUT2D eigenvalue weighted by atomic mass is 35.5. The molecule has 0 radical (unpaired) electrons. The minimum atomic E-state index is -0.545. The Bertz CT molecular complexity index is 1110. The van der Waals surface area contributed by atoms with E-state index in [1.165, 1.54) is 6.33 Å². The van der Waals surface area contributed by atoms with Gasteiger partial charge in [0.1, 0.15) is 28.5 Å². The van der Waals surface area contributed by atoms with Crippen LogP contribution in [0.2, 0.25) is 10.2 Å². The summed E-state index contributed by atoms with van der Waals surface area (Å²) in [5.74, 6) is 0.354. The van der Waals surface area contributed by atoms with Gasteiger partial charge in [0.15, 0.2) is 0 Å². The van der Waals surface area contributed by atoms with Crippen molar-refractivity contribution in [3.8, 4) is 11.1 Å². The van der Waals surface area contributed by atoms with Crippen molar-refractivity contribution in [1.29, 1.82) is 0 Å². The third kappa shape index (κ3) is 3.79. The molecule has 0 bridgehead atoms. The molecule has 30 heavy (non-hydrogen) atoms. The van der Waals surface area contributed by atoms with Crippen molar-refractivity contribution in [1.82, 2.24) is 19.4 Å². The number of likely N-dealkylation sites (tertiary alicyclic amines) is 1. The highest BCUT2D eigenvalue weighted by Gasteiger charge is 2.34. The SMILES string of the molecule is CC(C)(C)OC(=O)N1CC[C@@H](n2c(Cl)c(-c3ccc(Cl)cc3)c3c(N)ncnc32)C1. The monoisotopic (exact) mass is 447 g/mol. The first kappa shape index (κ1) is 20.8. The zero-order valence-corrected chi connectivity index (χ0v) is 18.5. The van der Waals surface area contributed by atoms with E-state index in [0.29, 0.717) is 40.1 Å². The largest absolute Gasteiger partial charge is 0.444 e. The molecule has 7 nitrogen and oxygen atoms in total. The molecule has 9 heteroatoms. The zero-order valence-electron chi connectivity index (χ0n) is 17.0. The molecule has 0 saturated carbocycles. The Labute approximate surface area is 184 Å². The number of halogens is 2. The van der Waals surface area contributed by atoms with Gasteiger partial charge in [-0.1, -0.05) is 35.3 Å². The van der Waals surface area contributed by atoms with E-state index in [2.05, 4.69) is 9.97 Å². The number of nitrogens with two attached hydrogens (primary N) is 1. The second-order valence-electron chi connectivity index (χ2n) is 8.37. The van der Waals surface area contributed by atoms with E-state index in [1.54, 1.807) is 17.0 Å². The fourth-order valence-corrected chi connectivity index (χ4v) is 4.33. The summed E-state index contributed by atoms with van der Waals surface area (Å²) in [6.45, 7) is 6.61. The number of ether oxygens (including phenoxy) is 1. The van der Waals surface area contributed by atoms with Crippen molar-refractivity contribution in [3.63, 3.8) is 0 Å². The Morgan fingerprint density at radius 3 is 2.57 bits per heavy atom. The molecule has 1 atom stereocenters. The molecule has 3 aromatic rings. The topological polar surface area (TPSA) is 86.3 Å². The number of anilines is 1. The molecule has 3 heterocycles. The minimum absolute atomic E-state index is 0.0529. The molecule has 1 amide bonds. The summed E-state index contributed by atoms with van der Waals surface area (Å²) in [6.07, 6.45) is 1.83. The lowest BCUT2D eigenvalue weighted by atomic mass is 10.1. The first-order chi connectivity index (χ1) is 14.2. The second-order valence-corrected chi connectivity index (χ2v) is 9.16. The van der Waals surface area contributed by atoms with Gasteiger partial charge in [-0.2, -0.15) is 0 Å². The number of fused-ring (bicyclic) bond motifs is 1. The molecular weight excluding hydrogens is 425 g/mol. The first-order valence-electron chi connectivity index (χ1n) is 9.69. The molecule has 4 rings (SSSR count). The first-order valence-corrected chi connectivity index (χ1v) is 10.4. The van der Waals surface area contributed by atoms with Crippen LogP contribution in [0.25, 0.3) is 22.2 Å². The molecular formula is C21H23Cl2N5O2. The Morgan fingerprint density at radius 2 is 1.90 bits per heavy atom. The Morgan fingerprint density at radius 1 is 1.20 bits per heavy atom. The lowest BCUT2D eigenvalue weighted by Crippen LogP contribution is -2.35. The van der Waals surface area contributed by atoms with Crippen molar-refractivity contribution in [2.24, 2.45) is 0 Å². The predicted molar refractivity (Wildman–Crippen MR) is 119 cm³/mol. The van der Waals surface area contributed by atoms with Crippen molar-refractivity contribution in [3.05, 3.63) is 40.8 Å². The average Bonchev–Trinajstić information content (AvgIpc) is 3.24. The van der Waals surface area contributed by atoms with E-state index < -0.39 is 5.60 Å². The maximum Gasteiger partial charge on any atom is 0.410 e. The lowest BCUT2D eigenvalue weighted by Gasteiger charge is -2.24. The fraction of sp³-hybridized carbons (Fsp3) is 0.381. The third-order valence-corrected chi connectivity index (χ3v) is 5.69. The third-order valence-electron chi connectivity index (χ3n) is 5.07. The molecule has 1 fully saturated rings. The average molecular weight is 448 g/mol. The number of nitrogen functional groups attached to an aromatic ring is 1. The Hall–Kier alpha value is -2.51. The number of carbonyl (C=O) groups is 1. The molecule has 1 aliphatic heterocycles.